The van der Waals surface area contributed by atoms with E-state index in [0.717, 1.165) is 4.90 Å². The Bertz CT molecular complexity index is 690. The number of likely N-dealkylation sites (tertiary alicyclic amines) is 1. The fraction of sp³-hybridized carbons (Fsp3) is 0.412. The van der Waals surface area contributed by atoms with E-state index in [9.17, 15) is 19.2 Å². The molecule has 2 aliphatic heterocycles. The van der Waals surface area contributed by atoms with Crippen LogP contribution >= 0.6 is 0 Å². The van der Waals surface area contributed by atoms with Crippen LogP contribution in [-0.2, 0) is 9.53 Å². The summed E-state index contributed by atoms with van der Waals surface area (Å²) in [6.07, 6.45) is 0.710. The molecule has 1 aromatic rings. The highest BCUT2D eigenvalue weighted by atomic mass is 16.5. The van der Waals surface area contributed by atoms with Crippen molar-refractivity contribution in [2.24, 2.45) is 0 Å². The van der Waals surface area contributed by atoms with Crippen molar-refractivity contribution in [2.75, 3.05) is 26.7 Å². The Balaban J connectivity index is 1.57. The van der Waals surface area contributed by atoms with Crippen LogP contribution in [0.25, 0.3) is 0 Å². The molecule has 2 heterocycles. The van der Waals surface area contributed by atoms with E-state index in [0.29, 0.717) is 37.1 Å². The summed E-state index contributed by atoms with van der Waals surface area (Å²) in [6, 6.07) is 6.51. The Morgan fingerprint density at radius 1 is 1.12 bits per heavy atom. The fourth-order valence-electron chi connectivity index (χ4n) is 3.12. The Labute approximate surface area is 144 Å². The number of amides is 4. The van der Waals surface area contributed by atoms with Gasteiger partial charge in [0.1, 0.15) is 6.54 Å². The Morgan fingerprint density at radius 3 is 2.20 bits per heavy atom. The molecule has 1 saturated heterocycles. The molecule has 0 spiro atoms. The molecular formula is C17H19N3O5. The van der Waals surface area contributed by atoms with Gasteiger partial charge < -0.3 is 15.0 Å². The van der Waals surface area contributed by atoms with E-state index in [1.807, 2.05) is 0 Å². The molecule has 0 aromatic heterocycles. The molecule has 8 heteroatoms. The molecule has 1 aromatic carbocycles. The minimum atomic E-state index is -0.490. The summed E-state index contributed by atoms with van der Waals surface area (Å²) < 4.78 is 4.56. The van der Waals surface area contributed by atoms with Crippen LogP contribution in [0.15, 0.2) is 24.3 Å². The number of piperidine rings is 1. The first-order chi connectivity index (χ1) is 12.0. The second kappa shape index (κ2) is 6.92. The van der Waals surface area contributed by atoms with Crippen molar-refractivity contribution in [1.29, 1.82) is 0 Å². The summed E-state index contributed by atoms with van der Waals surface area (Å²) in [6.45, 7) is 0.648. The van der Waals surface area contributed by atoms with Crippen LogP contribution in [-0.4, -0.2) is 66.4 Å². The van der Waals surface area contributed by atoms with E-state index in [1.165, 1.54) is 7.11 Å². The van der Waals surface area contributed by atoms with E-state index < -0.39 is 17.9 Å². The van der Waals surface area contributed by atoms with Gasteiger partial charge in [-0.1, -0.05) is 12.1 Å². The minimum Gasteiger partial charge on any atom is -0.453 e. The van der Waals surface area contributed by atoms with Crippen molar-refractivity contribution in [3.63, 3.8) is 0 Å². The number of alkyl carbamates (subject to hydrolysis) is 1. The van der Waals surface area contributed by atoms with Gasteiger partial charge in [-0.15, -0.1) is 0 Å². The maximum Gasteiger partial charge on any atom is 0.407 e. The smallest absolute Gasteiger partial charge is 0.407 e. The summed E-state index contributed by atoms with van der Waals surface area (Å²) >= 11 is 0. The maximum atomic E-state index is 12.4. The SMILES string of the molecule is COC(=O)NC1CCN(C(=O)CN2C(=O)c3ccccc3C2=O)CC1. The fourth-order valence-corrected chi connectivity index (χ4v) is 3.12. The number of nitrogens with one attached hydrogen (secondary N) is 1. The average Bonchev–Trinajstić information content (AvgIpc) is 2.87. The van der Waals surface area contributed by atoms with Crippen molar-refractivity contribution in [3.8, 4) is 0 Å². The third-order valence-electron chi connectivity index (χ3n) is 4.53. The zero-order chi connectivity index (χ0) is 18.0. The summed E-state index contributed by atoms with van der Waals surface area (Å²) in [7, 11) is 1.30. The standard InChI is InChI=1S/C17H19N3O5/c1-25-17(24)18-11-6-8-19(9-7-11)14(21)10-20-15(22)12-4-2-3-5-13(12)16(20)23/h2-5,11H,6-10H2,1H3,(H,18,24). The number of ether oxygens (including phenoxy) is 1. The highest BCUT2D eigenvalue weighted by Crippen LogP contribution is 2.22. The lowest BCUT2D eigenvalue weighted by Crippen LogP contribution is -2.49. The van der Waals surface area contributed by atoms with Crippen LogP contribution in [0, 0.1) is 0 Å². The lowest BCUT2D eigenvalue weighted by molar-refractivity contribution is -0.132. The summed E-state index contributed by atoms with van der Waals surface area (Å²) in [4.78, 5) is 50.9. The summed E-state index contributed by atoms with van der Waals surface area (Å²) in [5, 5.41) is 2.71. The molecule has 0 radical (unpaired) electrons. The number of hydrogen-bond acceptors (Lipinski definition) is 5. The van der Waals surface area contributed by atoms with Gasteiger partial charge in [0.05, 0.1) is 18.2 Å². The zero-order valence-electron chi connectivity index (χ0n) is 13.9. The molecule has 1 N–H and O–H groups in total. The lowest BCUT2D eigenvalue weighted by atomic mass is 10.1. The monoisotopic (exact) mass is 345 g/mol. The number of imide groups is 1. The quantitative estimate of drug-likeness (QED) is 0.811. The number of rotatable bonds is 3. The minimum absolute atomic E-state index is 0.0456. The number of nitrogens with zero attached hydrogens (tertiary/aromatic N) is 2. The highest BCUT2D eigenvalue weighted by molar-refractivity contribution is 6.22. The average molecular weight is 345 g/mol. The Hall–Kier alpha value is -2.90. The van der Waals surface area contributed by atoms with Gasteiger partial charge in [-0.2, -0.15) is 0 Å². The number of methoxy groups -OCH3 is 1. The van der Waals surface area contributed by atoms with Crippen LogP contribution < -0.4 is 5.32 Å². The second-order valence-corrected chi connectivity index (χ2v) is 6.03. The predicted molar refractivity (Wildman–Crippen MR) is 87.0 cm³/mol. The molecule has 3 rings (SSSR count). The number of benzene rings is 1. The van der Waals surface area contributed by atoms with Crippen molar-refractivity contribution in [3.05, 3.63) is 35.4 Å². The van der Waals surface area contributed by atoms with Gasteiger partial charge >= 0.3 is 6.09 Å². The number of fused-ring (bicyclic) bond motifs is 1. The second-order valence-electron chi connectivity index (χ2n) is 6.03. The molecule has 1 fully saturated rings. The molecule has 0 bridgehead atoms. The third-order valence-corrected chi connectivity index (χ3v) is 4.53. The van der Waals surface area contributed by atoms with Crippen LogP contribution in [0.4, 0.5) is 4.79 Å². The van der Waals surface area contributed by atoms with Gasteiger partial charge in [0.25, 0.3) is 11.8 Å². The lowest BCUT2D eigenvalue weighted by Gasteiger charge is -2.32. The van der Waals surface area contributed by atoms with Crippen molar-refractivity contribution < 1.29 is 23.9 Å². The molecule has 0 saturated carbocycles. The highest BCUT2D eigenvalue weighted by Gasteiger charge is 2.37. The predicted octanol–water partition coefficient (Wildman–Crippen LogP) is 0.630. The van der Waals surface area contributed by atoms with Gasteiger partial charge in [0.15, 0.2) is 0 Å². The summed E-state index contributed by atoms with van der Waals surface area (Å²) in [5.41, 5.74) is 0.669. The molecule has 132 valence electrons. The number of hydrogen-bond donors (Lipinski definition) is 1. The van der Waals surface area contributed by atoms with E-state index in [4.69, 9.17) is 0 Å². The van der Waals surface area contributed by atoms with Gasteiger partial charge in [-0.25, -0.2) is 4.79 Å². The van der Waals surface area contributed by atoms with E-state index in [2.05, 4.69) is 10.1 Å². The van der Waals surface area contributed by atoms with Crippen LogP contribution in [0.2, 0.25) is 0 Å². The molecule has 4 amide bonds. The maximum absolute atomic E-state index is 12.4. The molecule has 2 aliphatic rings. The van der Waals surface area contributed by atoms with E-state index in [-0.39, 0.29) is 18.5 Å². The Morgan fingerprint density at radius 2 is 1.68 bits per heavy atom. The molecule has 0 atom stereocenters. The summed E-state index contributed by atoms with van der Waals surface area (Å²) in [5.74, 6) is -1.14. The molecular weight excluding hydrogens is 326 g/mol. The van der Waals surface area contributed by atoms with Crippen LogP contribution in [0.5, 0.6) is 0 Å². The zero-order valence-corrected chi connectivity index (χ0v) is 13.9. The van der Waals surface area contributed by atoms with Gasteiger partial charge in [0.2, 0.25) is 5.91 Å². The van der Waals surface area contributed by atoms with E-state index in [1.54, 1.807) is 29.2 Å². The normalized spacial score (nSPS) is 17.5. The molecule has 8 nitrogen and oxygen atoms in total. The molecule has 25 heavy (non-hydrogen) atoms. The van der Waals surface area contributed by atoms with Crippen LogP contribution in [0.1, 0.15) is 33.6 Å². The van der Waals surface area contributed by atoms with Gasteiger partial charge in [0, 0.05) is 19.1 Å². The van der Waals surface area contributed by atoms with Crippen LogP contribution in [0.3, 0.4) is 0 Å². The number of carbonyl (C=O) groups is 4. The van der Waals surface area contributed by atoms with Gasteiger partial charge in [-0.05, 0) is 25.0 Å². The first-order valence-corrected chi connectivity index (χ1v) is 8.08. The topological polar surface area (TPSA) is 96.0 Å². The van der Waals surface area contributed by atoms with Gasteiger partial charge in [-0.3, -0.25) is 19.3 Å². The first-order valence-electron chi connectivity index (χ1n) is 8.08. The molecule has 0 unspecified atom stereocenters. The largest absolute Gasteiger partial charge is 0.453 e. The number of carbonyl (C=O) groups excluding carboxylic acids is 4. The van der Waals surface area contributed by atoms with Crippen molar-refractivity contribution in [1.82, 2.24) is 15.1 Å². The van der Waals surface area contributed by atoms with Crippen molar-refractivity contribution in [2.45, 2.75) is 18.9 Å². The Kier molecular flexibility index (Phi) is 4.69. The molecule has 0 aliphatic carbocycles. The van der Waals surface area contributed by atoms with E-state index >= 15 is 0 Å². The third kappa shape index (κ3) is 3.33. The first kappa shape index (κ1) is 16.9. The van der Waals surface area contributed by atoms with Crippen molar-refractivity contribution >= 4 is 23.8 Å².